The monoisotopic (exact) mass is 447 g/mol. The lowest BCUT2D eigenvalue weighted by molar-refractivity contribution is 0.0743. The van der Waals surface area contributed by atoms with Gasteiger partial charge in [0.05, 0.1) is 0 Å². The Morgan fingerprint density at radius 1 is 0.970 bits per heavy atom. The third kappa shape index (κ3) is 4.56. The Morgan fingerprint density at radius 3 is 2.36 bits per heavy atom. The number of nitrogens with zero attached hydrogens (tertiary/aromatic N) is 3. The zero-order chi connectivity index (χ0) is 23.7. The molecule has 1 aromatic heterocycles. The Balaban J connectivity index is 1.61. The number of piperazine rings is 1. The number of carbonyl (C=O) groups is 1. The van der Waals surface area contributed by atoms with Gasteiger partial charge in [0, 0.05) is 62.8 Å². The molecule has 0 aliphatic carbocycles. The van der Waals surface area contributed by atoms with E-state index in [1.807, 2.05) is 18.5 Å². The van der Waals surface area contributed by atoms with Crippen LogP contribution < -0.4 is 10.3 Å². The molecule has 1 saturated heterocycles. The smallest absolute Gasteiger partial charge is 0.259 e. The van der Waals surface area contributed by atoms with E-state index in [1.54, 1.807) is 23.1 Å². The first-order valence-corrected chi connectivity index (χ1v) is 11.3. The highest BCUT2D eigenvalue weighted by molar-refractivity contribution is 5.95. The van der Waals surface area contributed by atoms with Crippen LogP contribution in [-0.4, -0.2) is 41.6 Å². The number of aromatic nitrogens is 1. The molecular weight excluding hydrogens is 417 g/mol. The second-order valence-electron chi connectivity index (χ2n) is 8.87. The van der Waals surface area contributed by atoms with Gasteiger partial charge in [0.2, 0.25) is 0 Å². The Morgan fingerprint density at radius 2 is 1.67 bits per heavy atom. The zero-order valence-electron chi connectivity index (χ0n) is 19.7. The minimum Gasteiger partial charge on any atom is -0.368 e. The van der Waals surface area contributed by atoms with Gasteiger partial charge in [-0.1, -0.05) is 30.3 Å². The van der Waals surface area contributed by atoms with Crippen molar-refractivity contribution < 1.29 is 9.18 Å². The summed E-state index contributed by atoms with van der Waals surface area (Å²) in [5.41, 5.74) is 5.19. The van der Waals surface area contributed by atoms with Crippen LogP contribution in [0.5, 0.6) is 0 Å². The summed E-state index contributed by atoms with van der Waals surface area (Å²) in [5.74, 6) is -0.616. The summed E-state index contributed by atoms with van der Waals surface area (Å²) in [6, 6.07) is 14.4. The van der Waals surface area contributed by atoms with Crippen LogP contribution in [-0.2, 0) is 13.5 Å². The van der Waals surface area contributed by atoms with Crippen molar-refractivity contribution in [2.75, 3.05) is 31.1 Å². The highest BCUT2D eigenvalue weighted by Gasteiger charge is 2.28. The van der Waals surface area contributed by atoms with Crippen LogP contribution in [0, 0.1) is 26.6 Å². The van der Waals surface area contributed by atoms with Crippen LogP contribution in [0.4, 0.5) is 10.1 Å². The van der Waals surface area contributed by atoms with Gasteiger partial charge in [-0.25, -0.2) is 4.39 Å². The van der Waals surface area contributed by atoms with E-state index in [1.165, 1.54) is 28.9 Å². The molecule has 0 spiro atoms. The van der Waals surface area contributed by atoms with Crippen molar-refractivity contribution >= 4 is 11.6 Å². The van der Waals surface area contributed by atoms with Crippen molar-refractivity contribution in [1.29, 1.82) is 0 Å². The lowest BCUT2D eigenvalue weighted by Gasteiger charge is -2.37. The lowest BCUT2D eigenvalue weighted by Crippen LogP contribution is -2.50. The van der Waals surface area contributed by atoms with Crippen molar-refractivity contribution in [2.24, 2.45) is 7.05 Å². The summed E-state index contributed by atoms with van der Waals surface area (Å²) in [6.45, 7) is 8.45. The number of rotatable bonds is 4. The Hall–Kier alpha value is -3.41. The maximum atomic E-state index is 14.4. The van der Waals surface area contributed by atoms with Crippen LogP contribution in [0.15, 0.2) is 53.3 Å². The van der Waals surface area contributed by atoms with Gasteiger partial charge in [-0.05, 0) is 49.6 Å². The largest absolute Gasteiger partial charge is 0.368 e. The number of hydrogen-bond donors (Lipinski definition) is 0. The van der Waals surface area contributed by atoms with Crippen LogP contribution >= 0.6 is 0 Å². The predicted octanol–water partition coefficient (Wildman–Crippen LogP) is 4.00. The Labute approximate surface area is 194 Å². The summed E-state index contributed by atoms with van der Waals surface area (Å²) in [7, 11) is 1.82. The maximum absolute atomic E-state index is 14.4. The Bertz CT molecular complexity index is 1260. The van der Waals surface area contributed by atoms with E-state index >= 15 is 0 Å². The summed E-state index contributed by atoms with van der Waals surface area (Å²) in [4.78, 5) is 30.6. The quantitative estimate of drug-likeness (QED) is 0.607. The molecule has 172 valence electrons. The van der Waals surface area contributed by atoms with Gasteiger partial charge in [0.25, 0.3) is 5.91 Å². The van der Waals surface area contributed by atoms with Gasteiger partial charge in [-0.3, -0.25) is 9.59 Å². The van der Waals surface area contributed by atoms with Crippen molar-refractivity contribution in [3.8, 4) is 0 Å². The van der Waals surface area contributed by atoms with Gasteiger partial charge in [-0.2, -0.15) is 0 Å². The van der Waals surface area contributed by atoms with Crippen molar-refractivity contribution in [3.05, 3.63) is 98.2 Å². The number of amides is 1. The van der Waals surface area contributed by atoms with Crippen molar-refractivity contribution in [1.82, 2.24) is 9.47 Å². The first kappa shape index (κ1) is 22.8. The van der Waals surface area contributed by atoms with Gasteiger partial charge in [0.1, 0.15) is 11.4 Å². The predicted molar refractivity (Wildman–Crippen MR) is 130 cm³/mol. The molecule has 0 N–H and O–H groups in total. The van der Waals surface area contributed by atoms with Gasteiger partial charge >= 0.3 is 0 Å². The molecule has 0 radical (unpaired) electrons. The molecular formula is C27H30FN3O2. The van der Waals surface area contributed by atoms with E-state index in [0.717, 1.165) is 5.69 Å². The molecule has 2 heterocycles. The lowest BCUT2D eigenvalue weighted by atomic mass is 10.0. The average molecular weight is 448 g/mol. The number of benzene rings is 2. The van der Waals surface area contributed by atoms with Gasteiger partial charge < -0.3 is 14.4 Å². The highest BCUT2D eigenvalue weighted by atomic mass is 19.1. The van der Waals surface area contributed by atoms with Crippen LogP contribution in [0.25, 0.3) is 0 Å². The molecule has 0 bridgehead atoms. The molecule has 1 fully saturated rings. The number of halogens is 1. The molecule has 4 rings (SSSR count). The minimum absolute atomic E-state index is 0.145. The average Bonchev–Trinajstić information content (AvgIpc) is 2.80. The van der Waals surface area contributed by atoms with Gasteiger partial charge in [-0.15, -0.1) is 0 Å². The van der Waals surface area contributed by atoms with Crippen LogP contribution in [0.3, 0.4) is 0 Å². The number of hydrogen-bond acceptors (Lipinski definition) is 3. The topological polar surface area (TPSA) is 45.5 Å². The molecule has 0 unspecified atom stereocenters. The van der Waals surface area contributed by atoms with Crippen molar-refractivity contribution in [3.63, 3.8) is 0 Å². The van der Waals surface area contributed by atoms with E-state index in [-0.39, 0.29) is 29.1 Å². The number of aryl methyl sites for hydroxylation is 3. The number of pyridine rings is 1. The molecule has 5 nitrogen and oxygen atoms in total. The fourth-order valence-electron chi connectivity index (χ4n) is 4.51. The van der Waals surface area contributed by atoms with E-state index in [2.05, 4.69) is 36.9 Å². The fourth-order valence-corrected chi connectivity index (χ4v) is 4.51. The molecule has 33 heavy (non-hydrogen) atoms. The number of anilines is 1. The third-order valence-corrected chi connectivity index (χ3v) is 6.61. The fraction of sp³-hybridized carbons (Fsp3) is 0.333. The highest BCUT2D eigenvalue weighted by Crippen LogP contribution is 2.24. The molecule has 1 aliphatic heterocycles. The second-order valence-corrected chi connectivity index (χ2v) is 8.87. The third-order valence-electron chi connectivity index (χ3n) is 6.61. The Kier molecular flexibility index (Phi) is 6.36. The molecule has 1 aliphatic rings. The van der Waals surface area contributed by atoms with E-state index in [9.17, 15) is 14.0 Å². The van der Waals surface area contributed by atoms with Crippen LogP contribution in [0.1, 0.15) is 38.4 Å². The summed E-state index contributed by atoms with van der Waals surface area (Å²) in [6.07, 6.45) is 0.184. The first-order chi connectivity index (χ1) is 15.8. The van der Waals surface area contributed by atoms with E-state index in [4.69, 9.17) is 0 Å². The molecule has 0 atom stereocenters. The first-order valence-electron chi connectivity index (χ1n) is 11.3. The summed E-state index contributed by atoms with van der Waals surface area (Å²) in [5, 5.41) is 0. The molecule has 3 aromatic rings. The van der Waals surface area contributed by atoms with Crippen LogP contribution in [0.2, 0.25) is 0 Å². The maximum Gasteiger partial charge on any atom is 0.259 e. The molecule has 1 amide bonds. The van der Waals surface area contributed by atoms with E-state index < -0.39 is 0 Å². The molecule has 6 heteroatoms. The number of carbonyl (C=O) groups excluding carboxylic acids is 1. The van der Waals surface area contributed by atoms with Crippen molar-refractivity contribution in [2.45, 2.75) is 27.2 Å². The molecule has 0 saturated carbocycles. The minimum atomic E-state index is -0.341. The zero-order valence-corrected chi connectivity index (χ0v) is 19.7. The molecule has 2 aromatic carbocycles. The van der Waals surface area contributed by atoms with Gasteiger partial charge in [0.15, 0.2) is 5.43 Å². The SMILES string of the molecule is Cc1ccc(C)c(N2CCN(C(=O)c3c(Cc4ccccc4F)n(C)c(C)cc3=O)CC2)c1. The standard InChI is InChI=1S/C27H30FN3O2/c1-18-9-10-19(2)23(15-18)30-11-13-31(14-12-30)27(33)26-24(29(4)20(3)16-25(26)32)17-21-7-5-6-8-22(21)28/h5-10,15-16H,11-14,17H2,1-4H3. The second kappa shape index (κ2) is 9.22. The summed E-state index contributed by atoms with van der Waals surface area (Å²) >= 11 is 0. The summed E-state index contributed by atoms with van der Waals surface area (Å²) < 4.78 is 16.2. The normalized spacial score (nSPS) is 14.0. The van der Waals surface area contributed by atoms with E-state index in [0.29, 0.717) is 37.4 Å².